The van der Waals surface area contributed by atoms with Crippen LogP contribution >= 0.6 is 11.8 Å². The monoisotopic (exact) mass is 272 g/mol. The molecule has 0 aromatic rings. The van der Waals surface area contributed by atoms with Crippen LogP contribution in [-0.2, 0) is 0 Å². The molecule has 0 saturated carbocycles. The van der Waals surface area contributed by atoms with Crippen LogP contribution in [0.15, 0.2) is 4.99 Å². The largest absolute Gasteiger partial charge is 0.355 e. The summed E-state index contributed by atoms with van der Waals surface area (Å²) in [6.45, 7) is 7.67. The summed E-state index contributed by atoms with van der Waals surface area (Å²) in [6.07, 6.45) is 1.24. The molecule has 106 valence electrons. The molecule has 4 nitrogen and oxygen atoms in total. The first-order chi connectivity index (χ1) is 8.58. The molecule has 1 saturated heterocycles. The molecule has 0 aromatic heterocycles. The third-order valence-electron chi connectivity index (χ3n) is 3.54. The minimum Gasteiger partial charge on any atom is -0.355 e. The Morgan fingerprint density at radius 1 is 1.56 bits per heavy atom. The Kier molecular flexibility index (Phi) is 6.86. The van der Waals surface area contributed by atoms with Gasteiger partial charge in [0.25, 0.3) is 0 Å². The summed E-state index contributed by atoms with van der Waals surface area (Å²) in [5.41, 5.74) is 0. The van der Waals surface area contributed by atoms with Gasteiger partial charge in [0.05, 0.1) is 0 Å². The van der Waals surface area contributed by atoms with E-state index in [-0.39, 0.29) is 0 Å². The maximum atomic E-state index is 4.42. The number of nitrogens with one attached hydrogen (secondary N) is 1. The summed E-state index contributed by atoms with van der Waals surface area (Å²) in [5.74, 6) is 2.27. The van der Waals surface area contributed by atoms with E-state index in [0.717, 1.165) is 30.8 Å². The average molecular weight is 272 g/mol. The lowest BCUT2D eigenvalue weighted by atomic mass is 10.3. The van der Waals surface area contributed by atoms with Crippen LogP contribution in [0.5, 0.6) is 0 Å². The van der Waals surface area contributed by atoms with Gasteiger partial charge in [0.1, 0.15) is 0 Å². The van der Waals surface area contributed by atoms with E-state index in [0.29, 0.717) is 6.04 Å². The van der Waals surface area contributed by atoms with Crippen LogP contribution in [-0.4, -0.2) is 73.6 Å². The summed E-state index contributed by atoms with van der Waals surface area (Å²) >= 11 is 2.09. The standard InChI is InChI=1S/C13H28N4S/c1-6-12-10-17(7-8-18-12)13(14-3)15-9-11(2)16(4)5/h11-12H,6-10H2,1-5H3,(H,14,15). The van der Waals surface area contributed by atoms with Gasteiger partial charge in [0.15, 0.2) is 5.96 Å². The molecule has 0 amide bonds. The third-order valence-corrected chi connectivity index (χ3v) is 4.91. The van der Waals surface area contributed by atoms with Crippen LogP contribution in [0.3, 0.4) is 0 Å². The quantitative estimate of drug-likeness (QED) is 0.618. The van der Waals surface area contributed by atoms with Crippen molar-refractivity contribution in [2.45, 2.75) is 31.6 Å². The van der Waals surface area contributed by atoms with E-state index >= 15 is 0 Å². The predicted octanol–water partition coefficient (Wildman–Crippen LogP) is 1.34. The second-order valence-electron chi connectivity index (χ2n) is 5.09. The van der Waals surface area contributed by atoms with Gasteiger partial charge in [-0.1, -0.05) is 6.92 Å². The van der Waals surface area contributed by atoms with Gasteiger partial charge in [-0.25, -0.2) is 0 Å². The molecule has 0 aromatic carbocycles. The molecule has 1 rings (SSSR count). The number of guanidine groups is 1. The van der Waals surface area contributed by atoms with Crippen LogP contribution in [0.25, 0.3) is 0 Å². The molecule has 1 aliphatic rings. The lowest BCUT2D eigenvalue weighted by molar-refractivity contribution is 0.307. The number of likely N-dealkylation sites (N-methyl/N-ethyl adjacent to an activating group) is 1. The maximum Gasteiger partial charge on any atom is 0.193 e. The Bertz CT molecular complexity index is 268. The van der Waals surface area contributed by atoms with Crippen molar-refractivity contribution in [3.05, 3.63) is 0 Å². The molecule has 0 radical (unpaired) electrons. The number of rotatable bonds is 4. The fourth-order valence-electron chi connectivity index (χ4n) is 1.91. The fourth-order valence-corrected chi connectivity index (χ4v) is 3.09. The Labute approximate surface area is 116 Å². The average Bonchev–Trinajstić information content (AvgIpc) is 2.39. The number of nitrogens with zero attached hydrogens (tertiary/aromatic N) is 3. The molecule has 18 heavy (non-hydrogen) atoms. The van der Waals surface area contributed by atoms with E-state index in [1.54, 1.807) is 0 Å². The van der Waals surface area contributed by atoms with E-state index in [9.17, 15) is 0 Å². The van der Waals surface area contributed by atoms with Crippen molar-refractivity contribution in [2.24, 2.45) is 4.99 Å². The summed E-state index contributed by atoms with van der Waals surface area (Å²) in [7, 11) is 6.10. The highest BCUT2D eigenvalue weighted by Crippen LogP contribution is 2.20. The first kappa shape index (κ1) is 15.6. The topological polar surface area (TPSA) is 30.9 Å². The van der Waals surface area contributed by atoms with Gasteiger partial charge in [0.2, 0.25) is 0 Å². The van der Waals surface area contributed by atoms with Crippen molar-refractivity contribution < 1.29 is 0 Å². The number of thioether (sulfide) groups is 1. The predicted molar refractivity (Wildman–Crippen MR) is 82.6 cm³/mol. The molecule has 0 spiro atoms. The molecule has 1 aliphatic heterocycles. The van der Waals surface area contributed by atoms with Crippen molar-refractivity contribution in [2.75, 3.05) is 46.5 Å². The van der Waals surface area contributed by atoms with Crippen LogP contribution in [0, 0.1) is 0 Å². The van der Waals surface area contributed by atoms with E-state index in [1.807, 2.05) is 7.05 Å². The van der Waals surface area contributed by atoms with Crippen LogP contribution < -0.4 is 5.32 Å². The normalized spacial score (nSPS) is 23.3. The second-order valence-corrected chi connectivity index (χ2v) is 6.50. The van der Waals surface area contributed by atoms with Crippen LogP contribution in [0.1, 0.15) is 20.3 Å². The Balaban J connectivity index is 2.46. The zero-order chi connectivity index (χ0) is 13.5. The van der Waals surface area contributed by atoms with E-state index in [2.05, 4.69) is 59.8 Å². The molecular weight excluding hydrogens is 244 g/mol. The van der Waals surface area contributed by atoms with Crippen LogP contribution in [0.2, 0.25) is 0 Å². The van der Waals surface area contributed by atoms with Crippen molar-refractivity contribution in [1.82, 2.24) is 15.1 Å². The van der Waals surface area contributed by atoms with Gasteiger partial charge >= 0.3 is 0 Å². The van der Waals surface area contributed by atoms with Gasteiger partial charge in [-0.3, -0.25) is 4.99 Å². The Morgan fingerprint density at radius 3 is 2.83 bits per heavy atom. The highest BCUT2D eigenvalue weighted by Gasteiger charge is 2.21. The molecule has 1 heterocycles. The summed E-state index contributed by atoms with van der Waals surface area (Å²) in [6, 6.07) is 0.517. The lowest BCUT2D eigenvalue weighted by Crippen LogP contribution is -2.50. The van der Waals surface area contributed by atoms with E-state index in [4.69, 9.17) is 0 Å². The van der Waals surface area contributed by atoms with Gasteiger partial charge in [0, 0.05) is 43.7 Å². The first-order valence-electron chi connectivity index (χ1n) is 6.82. The van der Waals surface area contributed by atoms with Gasteiger partial charge < -0.3 is 15.1 Å². The second kappa shape index (κ2) is 7.89. The highest BCUT2D eigenvalue weighted by atomic mass is 32.2. The maximum absolute atomic E-state index is 4.42. The molecule has 2 unspecified atom stereocenters. The summed E-state index contributed by atoms with van der Waals surface area (Å²) in [4.78, 5) is 9.03. The summed E-state index contributed by atoms with van der Waals surface area (Å²) in [5, 5.41) is 4.24. The molecule has 2 atom stereocenters. The van der Waals surface area contributed by atoms with Crippen molar-refractivity contribution >= 4 is 17.7 Å². The van der Waals surface area contributed by atoms with Crippen molar-refractivity contribution in [3.63, 3.8) is 0 Å². The smallest absolute Gasteiger partial charge is 0.193 e. The summed E-state index contributed by atoms with van der Waals surface area (Å²) < 4.78 is 0. The Morgan fingerprint density at radius 2 is 2.28 bits per heavy atom. The highest BCUT2D eigenvalue weighted by molar-refractivity contribution is 8.00. The molecule has 5 heteroatoms. The SMILES string of the molecule is CCC1CN(C(=NC)NCC(C)N(C)C)CCS1. The number of hydrogen-bond acceptors (Lipinski definition) is 3. The lowest BCUT2D eigenvalue weighted by Gasteiger charge is -2.35. The fraction of sp³-hybridized carbons (Fsp3) is 0.923. The number of aliphatic imine (C=N–C) groups is 1. The number of hydrogen-bond donors (Lipinski definition) is 1. The van der Waals surface area contributed by atoms with Crippen LogP contribution in [0.4, 0.5) is 0 Å². The molecule has 0 bridgehead atoms. The molecule has 1 N–H and O–H groups in total. The first-order valence-corrected chi connectivity index (χ1v) is 7.87. The van der Waals surface area contributed by atoms with Gasteiger partial charge in [-0.2, -0.15) is 11.8 Å². The molecule has 1 fully saturated rings. The van der Waals surface area contributed by atoms with Crippen molar-refractivity contribution in [3.8, 4) is 0 Å². The third kappa shape index (κ3) is 4.69. The van der Waals surface area contributed by atoms with Gasteiger partial charge in [-0.05, 0) is 27.4 Å². The molecule has 0 aliphatic carbocycles. The van der Waals surface area contributed by atoms with Crippen molar-refractivity contribution in [1.29, 1.82) is 0 Å². The van der Waals surface area contributed by atoms with Gasteiger partial charge in [-0.15, -0.1) is 0 Å². The zero-order valence-corrected chi connectivity index (χ0v) is 13.3. The van der Waals surface area contributed by atoms with E-state index in [1.165, 1.54) is 12.2 Å². The minimum absolute atomic E-state index is 0.517. The Hall–Kier alpha value is -0.420. The van der Waals surface area contributed by atoms with E-state index < -0.39 is 0 Å². The zero-order valence-electron chi connectivity index (χ0n) is 12.4. The minimum atomic E-state index is 0.517. The molecular formula is C13H28N4S.